The number of hydrogen-bond donors (Lipinski definition) is 2. The SMILES string of the molecule is CCO[C@H]([C@H](O)CC(N)c1ccccc1)P(=O)(c1ccccc1)c1ccccc1. The van der Waals surface area contributed by atoms with Gasteiger partial charge >= 0.3 is 0 Å². The molecule has 5 heteroatoms. The van der Waals surface area contributed by atoms with Crippen LogP contribution in [0.2, 0.25) is 0 Å². The lowest BCUT2D eigenvalue weighted by Gasteiger charge is -2.33. The Labute approximate surface area is 172 Å². The van der Waals surface area contributed by atoms with Crippen LogP contribution in [-0.4, -0.2) is 23.7 Å². The predicted molar refractivity (Wildman–Crippen MR) is 119 cm³/mol. The second-order valence-electron chi connectivity index (χ2n) is 7.00. The van der Waals surface area contributed by atoms with E-state index in [-0.39, 0.29) is 12.5 Å². The lowest BCUT2D eigenvalue weighted by Crippen LogP contribution is -2.38. The Morgan fingerprint density at radius 2 is 1.31 bits per heavy atom. The normalized spacial score (nSPS) is 14.9. The minimum atomic E-state index is -3.28. The molecule has 3 N–H and O–H groups in total. The van der Waals surface area contributed by atoms with Crippen molar-refractivity contribution in [3.05, 3.63) is 96.6 Å². The van der Waals surface area contributed by atoms with Gasteiger partial charge in [-0.2, -0.15) is 0 Å². The van der Waals surface area contributed by atoms with Gasteiger partial charge in [-0.25, -0.2) is 0 Å². The van der Waals surface area contributed by atoms with Crippen LogP contribution < -0.4 is 16.3 Å². The molecule has 0 spiro atoms. The minimum Gasteiger partial charge on any atom is -0.390 e. The average molecular weight is 409 g/mol. The fourth-order valence-corrected chi connectivity index (χ4v) is 6.67. The highest BCUT2D eigenvalue weighted by Gasteiger charge is 2.42. The third kappa shape index (κ3) is 4.85. The predicted octanol–water partition coefficient (Wildman–Crippen LogP) is 3.81. The van der Waals surface area contributed by atoms with Gasteiger partial charge in [0.25, 0.3) is 0 Å². The summed E-state index contributed by atoms with van der Waals surface area (Å²) in [7, 11) is -3.28. The van der Waals surface area contributed by atoms with Crippen LogP contribution in [0.3, 0.4) is 0 Å². The Hall–Kier alpha value is -2.23. The van der Waals surface area contributed by atoms with E-state index in [2.05, 4.69) is 0 Å². The van der Waals surface area contributed by atoms with Crippen LogP contribution >= 0.6 is 7.14 Å². The molecule has 0 aromatic heterocycles. The molecule has 0 heterocycles. The number of benzene rings is 3. The number of aliphatic hydroxyl groups excluding tert-OH is 1. The smallest absolute Gasteiger partial charge is 0.173 e. The molecule has 3 aromatic carbocycles. The van der Waals surface area contributed by atoms with E-state index in [1.807, 2.05) is 97.9 Å². The lowest BCUT2D eigenvalue weighted by atomic mass is 10.0. The van der Waals surface area contributed by atoms with Gasteiger partial charge in [0.15, 0.2) is 7.14 Å². The zero-order chi connectivity index (χ0) is 20.7. The Bertz CT molecular complexity index is 875. The molecule has 0 aliphatic rings. The number of ether oxygens (including phenoxy) is 1. The van der Waals surface area contributed by atoms with E-state index in [1.54, 1.807) is 0 Å². The summed E-state index contributed by atoms with van der Waals surface area (Å²) in [6, 6.07) is 27.8. The summed E-state index contributed by atoms with van der Waals surface area (Å²) >= 11 is 0. The van der Waals surface area contributed by atoms with Crippen LogP contribution in [0.25, 0.3) is 0 Å². The van der Waals surface area contributed by atoms with Crippen molar-refractivity contribution in [2.24, 2.45) is 5.73 Å². The van der Waals surface area contributed by atoms with Gasteiger partial charge < -0.3 is 20.1 Å². The van der Waals surface area contributed by atoms with E-state index in [1.165, 1.54) is 0 Å². The van der Waals surface area contributed by atoms with Gasteiger partial charge in [0.2, 0.25) is 0 Å². The first-order chi connectivity index (χ1) is 14.1. The average Bonchev–Trinajstić information content (AvgIpc) is 2.78. The summed E-state index contributed by atoms with van der Waals surface area (Å²) in [4.78, 5) is 0. The van der Waals surface area contributed by atoms with Crippen LogP contribution in [0.15, 0.2) is 91.0 Å². The van der Waals surface area contributed by atoms with E-state index < -0.39 is 19.1 Å². The second kappa shape index (κ2) is 10.00. The summed E-state index contributed by atoms with van der Waals surface area (Å²) in [6.07, 6.45) is -0.741. The fourth-order valence-electron chi connectivity index (χ4n) is 3.58. The molecule has 0 aliphatic heterocycles. The highest BCUT2D eigenvalue weighted by atomic mass is 31.2. The Morgan fingerprint density at radius 3 is 1.76 bits per heavy atom. The molecule has 4 nitrogen and oxygen atoms in total. The maximum Gasteiger partial charge on any atom is 0.173 e. The number of aliphatic hydroxyl groups is 1. The molecular weight excluding hydrogens is 381 g/mol. The van der Waals surface area contributed by atoms with Gasteiger partial charge in [-0.15, -0.1) is 0 Å². The van der Waals surface area contributed by atoms with Gasteiger partial charge in [-0.3, -0.25) is 0 Å². The third-order valence-electron chi connectivity index (χ3n) is 5.03. The fraction of sp³-hybridized carbons (Fsp3) is 0.250. The van der Waals surface area contributed by atoms with Gasteiger partial charge in [0, 0.05) is 23.3 Å². The van der Waals surface area contributed by atoms with Crippen molar-refractivity contribution >= 4 is 17.8 Å². The molecular formula is C24H28NO3P. The topological polar surface area (TPSA) is 72.6 Å². The quantitative estimate of drug-likeness (QED) is 0.527. The van der Waals surface area contributed by atoms with Crippen LogP contribution in [0.4, 0.5) is 0 Å². The van der Waals surface area contributed by atoms with Crippen molar-refractivity contribution in [1.82, 2.24) is 0 Å². The molecule has 0 amide bonds. The van der Waals surface area contributed by atoms with Crippen LogP contribution in [0.1, 0.15) is 24.9 Å². The van der Waals surface area contributed by atoms with Crippen molar-refractivity contribution in [2.75, 3.05) is 6.61 Å². The molecule has 0 fully saturated rings. The Morgan fingerprint density at radius 1 is 0.862 bits per heavy atom. The number of nitrogens with two attached hydrogens (primary N) is 1. The number of hydrogen-bond acceptors (Lipinski definition) is 4. The molecule has 29 heavy (non-hydrogen) atoms. The summed E-state index contributed by atoms with van der Waals surface area (Å²) in [5.41, 5.74) is 7.27. The molecule has 1 unspecified atom stereocenters. The van der Waals surface area contributed by atoms with E-state index >= 15 is 0 Å². The van der Waals surface area contributed by atoms with E-state index in [9.17, 15) is 9.67 Å². The monoisotopic (exact) mass is 409 g/mol. The second-order valence-corrected chi connectivity index (χ2v) is 9.85. The molecule has 0 saturated heterocycles. The first-order valence-electron chi connectivity index (χ1n) is 9.88. The highest BCUT2D eigenvalue weighted by Crippen LogP contribution is 2.51. The Balaban J connectivity index is 1.99. The van der Waals surface area contributed by atoms with E-state index in [0.717, 1.165) is 5.56 Å². The largest absolute Gasteiger partial charge is 0.390 e. The maximum atomic E-state index is 14.5. The van der Waals surface area contributed by atoms with Gasteiger partial charge in [-0.1, -0.05) is 91.0 Å². The van der Waals surface area contributed by atoms with Crippen molar-refractivity contribution in [3.63, 3.8) is 0 Å². The Kier molecular flexibility index (Phi) is 7.40. The van der Waals surface area contributed by atoms with E-state index in [0.29, 0.717) is 17.2 Å². The first-order valence-corrected chi connectivity index (χ1v) is 11.7. The number of rotatable bonds is 9. The molecule has 0 aliphatic carbocycles. The highest BCUT2D eigenvalue weighted by molar-refractivity contribution is 7.79. The maximum absolute atomic E-state index is 14.5. The van der Waals surface area contributed by atoms with Crippen molar-refractivity contribution in [1.29, 1.82) is 0 Å². The standard InChI is InChI=1S/C24H28NO3P/c1-2-28-24(23(26)18-22(25)19-12-6-3-7-13-19)29(27,20-14-8-4-9-15-20)21-16-10-5-11-17-21/h3-17,22-24,26H,2,18,25H2,1H3/t22?,23-,24+/m1/s1. The van der Waals surface area contributed by atoms with Crippen molar-refractivity contribution < 1.29 is 14.4 Å². The van der Waals surface area contributed by atoms with Gasteiger partial charge in [-0.05, 0) is 18.9 Å². The van der Waals surface area contributed by atoms with Crippen molar-refractivity contribution in [2.45, 2.75) is 31.3 Å². The summed E-state index contributed by atoms with van der Waals surface area (Å²) < 4.78 is 20.5. The lowest BCUT2D eigenvalue weighted by molar-refractivity contribution is 0.00722. The zero-order valence-electron chi connectivity index (χ0n) is 16.6. The molecule has 3 aromatic rings. The molecule has 3 rings (SSSR count). The molecule has 0 bridgehead atoms. The van der Waals surface area contributed by atoms with Crippen LogP contribution in [0, 0.1) is 0 Å². The molecule has 0 saturated carbocycles. The van der Waals surface area contributed by atoms with Crippen LogP contribution in [0.5, 0.6) is 0 Å². The zero-order valence-corrected chi connectivity index (χ0v) is 17.5. The minimum absolute atomic E-state index is 0.248. The van der Waals surface area contributed by atoms with Gasteiger partial charge in [0.05, 0.1) is 6.10 Å². The van der Waals surface area contributed by atoms with Gasteiger partial charge in [0.1, 0.15) is 5.85 Å². The summed E-state index contributed by atoms with van der Waals surface area (Å²) in [6.45, 7) is 2.18. The van der Waals surface area contributed by atoms with E-state index in [4.69, 9.17) is 10.5 Å². The molecule has 3 atom stereocenters. The summed E-state index contributed by atoms with van der Waals surface area (Å²) in [5.74, 6) is -0.882. The third-order valence-corrected chi connectivity index (χ3v) is 8.37. The first kappa shape index (κ1) is 21.5. The van der Waals surface area contributed by atoms with Crippen LogP contribution in [-0.2, 0) is 9.30 Å². The molecule has 0 radical (unpaired) electrons. The summed E-state index contributed by atoms with van der Waals surface area (Å²) in [5, 5.41) is 12.5. The van der Waals surface area contributed by atoms with Crippen molar-refractivity contribution in [3.8, 4) is 0 Å². The molecule has 152 valence electrons.